The second-order valence-electron chi connectivity index (χ2n) is 6.26. The van der Waals surface area contributed by atoms with Crippen LogP contribution in [0, 0.1) is 0 Å². The van der Waals surface area contributed by atoms with Crippen LogP contribution in [-0.4, -0.2) is 22.7 Å². The largest absolute Gasteiger partial charge is 0.394 e. The average molecular weight is 295 g/mol. The molecule has 0 amide bonds. The summed E-state index contributed by atoms with van der Waals surface area (Å²) >= 11 is 0. The van der Waals surface area contributed by atoms with Gasteiger partial charge in [-0.05, 0) is 30.9 Å². The van der Waals surface area contributed by atoms with E-state index in [4.69, 9.17) is 0 Å². The molecular formula is C20H25NO. The molecule has 0 unspecified atom stereocenters. The summed E-state index contributed by atoms with van der Waals surface area (Å²) in [4.78, 5) is 2.52. The van der Waals surface area contributed by atoms with E-state index in [1.165, 1.54) is 24.0 Å². The SMILES string of the molecule is C[C@@H]1CCC[C@H](c2ccccc2)N1[C@H](CO)c1ccccc1. The number of benzene rings is 2. The number of hydrogen-bond donors (Lipinski definition) is 1. The van der Waals surface area contributed by atoms with E-state index in [1.807, 2.05) is 6.07 Å². The molecule has 3 rings (SSSR count). The van der Waals surface area contributed by atoms with Crippen LogP contribution in [0.25, 0.3) is 0 Å². The van der Waals surface area contributed by atoms with E-state index in [-0.39, 0.29) is 12.6 Å². The molecule has 2 heteroatoms. The van der Waals surface area contributed by atoms with E-state index >= 15 is 0 Å². The molecule has 1 saturated heterocycles. The monoisotopic (exact) mass is 295 g/mol. The van der Waals surface area contributed by atoms with Gasteiger partial charge < -0.3 is 5.11 Å². The van der Waals surface area contributed by atoms with E-state index in [1.54, 1.807) is 0 Å². The Balaban J connectivity index is 1.95. The molecule has 1 heterocycles. The highest BCUT2D eigenvalue weighted by molar-refractivity contribution is 5.24. The Labute approximate surface area is 133 Å². The Kier molecular flexibility index (Phi) is 4.91. The Bertz CT molecular complexity index is 527. The fourth-order valence-electron chi connectivity index (χ4n) is 3.80. The molecule has 2 aromatic rings. The van der Waals surface area contributed by atoms with Gasteiger partial charge in [-0.25, -0.2) is 0 Å². The molecule has 22 heavy (non-hydrogen) atoms. The van der Waals surface area contributed by atoms with Crippen LogP contribution in [0.3, 0.4) is 0 Å². The van der Waals surface area contributed by atoms with E-state index in [9.17, 15) is 5.11 Å². The standard InChI is InChI=1S/C20H25NO/c1-16-9-8-14-19(17-10-4-2-5-11-17)21(16)20(15-22)18-12-6-3-7-13-18/h2-7,10-13,16,19-20,22H,8-9,14-15H2,1H3/t16-,19-,20-/m1/s1. The van der Waals surface area contributed by atoms with Gasteiger partial charge >= 0.3 is 0 Å². The summed E-state index contributed by atoms with van der Waals surface area (Å²) in [6.45, 7) is 2.46. The molecule has 1 fully saturated rings. The van der Waals surface area contributed by atoms with Crippen molar-refractivity contribution in [2.45, 2.75) is 44.3 Å². The topological polar surface area (TPSA) is 23.5 Å². The first kappa shape index (κ1) is 15.3. The van der Waals surface area contributed by atoms with Crippen molar-refractivity contribution in [2.24, 2.45) is 0 Å². The highest BCUT2D eigenvalue weighted by Gasteiger charge is 2.34. The maximum absolute atomic E-state index is 10.1. The number of piperidine rings is 1. The molecule has 3 atom stereocenters. The third kappa shape index (κ3) is 3.08. The minimum absolute atomic E-state index is 0.0710. The predicted octanol–water partition coefficient (Wildman–Crippen LogP) is 4.34. The molecule has 2 aromatic carbocycles. The minimum Gasteiger partial charge on any atom is -0.394 e. The van der Waals surface area contributed by atoms with Gasteiger partial charge in [0.1, 0.15) is 0 Å². The predicted molar refractivity (Wildman–Crippen MR) is 90.6 cm³/mol. The second-order valence-corrected chi connectivity index (χ2v) is 6.26. The van der Waals surface area contributed by atoms with E-state index in [0.717, 1.165) is 6.42 Å². The van der Waals surface area contributed by atoms with Crippen LogP contribution < -0.4 is 0 Å². The highest BCUT2D eigenvalue weighted by Crippen LogP contribution is 2.40. The van der Waals surface area contributed by atoms with Crippen LogP contribution >= 0.6 is 0 Å². The highest BCUT2D eigenvalue weighted by atomic mass is 16.3. The van der Waals surface area contributed by atoms with Gasteiger partial charge in [0.05, 0.1) is 12.6 Å². The molecule has 0 spiro atoms. The number of rotatable bonds is 4. The lowest BCUT2D eigenvalue weighted by Gasteiger charge is -2.45. The average Bonchev–Trinajstić information content (AvgIpc) is 2.59. The van der Waals surface area contributed by atoms with Crippen LogP contribution in [0.1, 0.15) is 49.4 Å². The number of aliphatic hydroxyl groups is 1. The number of aliphatic hydroxyl groups excluding tert-OH is 1. The van der Waals surface area contributed by atoms with Crippen LogP contribution in [0.15, 0.2) is 60.7 Å². The van der Waals surface area contributed by atoms with Gasteiger partial charge in [0.15, 0.2) is 0 Å². The third-order valence-electron chi connectivity index (χ3n) is 4.87. The summed E-state index contributed by atoms with van der Waals surface area (Å²) in [6, 6.07) is 22.1. The molecule has 0 saturated carbocycles. The fourth-order valence-corrected chi connectivity index (χ4v) is 3.80. The van der Waals surface area contributed by atoms with Crippen molar-refractivity contribution >= 4 is 0 Å². The number of hydrogen-bond acceptors (Lipinski definition) is 2. The first-order valence-electron chi connectivity index (χ1n) is 8.29. The molecule has 0 radical (unpaired) electrons. The maximum Gasteiger partial charge on any atom is 0.0628 e. The first-order valence-corrected chi connectivity index (χ1v) is 8.29. The number of likely N-dealkylation sites (tertiary alicyclic amines) is 1. The molecule has 0 aliphatic carbocycles. The zero-order valence-electron chi connectivity index (χ0n) is 13.2. The first-order chi connectivity index (χ1) is 10.8. The van der Waals surface area contributed by atoms with Gasteiger partial charge in [0, 0.05) is 12.1 Å². The Morgan fingerprint density at radius 1 is 1.00 bits per heavy atom. The van der Waals surface area contributed by atoms with Gasteiger partial charge in [-0.15, -0.1) is 0 Å². The molecule has 2 nitrogen and oxygen atoms in total. The van der Waals surface area contributed by atoms with Gasteiger partial charge in [-0.3, -0.25) is 4.90 Å². The molecule has 1 aliphatic heterocycles. The Hall–Kier alpha value is -1.64. The molecule has 0 bridgehead atoms. The third-order valence-corrected chi connectivity index (χ3v) is 4.87. The lowest BCUT2D eigenvalue weighted by atomic mass is 9.88. The lowest BCUT2D eigenvalue weighted by Crippen LogP contribution is -2.43. The van der Waals surface area contributed by atoms with E-state index < -0.39 is 0 Å². The van der Waals surface area contributed by atoms with Gasteiger partial charge in [0.25, 0.3) is 0 Å². The van der Waals surface area contributed by atoms with E-state index in [2.05, 4.69) is 66.4 Å². The van der Waals surface area contributed by atoms with Crippen LogP contribution in [-0.2, 0) is 0 Å². The van der Waals surface area contributed by atoms with Gasteiger partial charge in [-0.2, -0.15) is 0 Å². The Morgan fingerprint density at radius 2 is 1.64 bits per heavy atom. The summed E-state index contributed by atoms with van der Waals surface area (Å²) in [5.74, 6) is 0. The van der Waals surface area contributed by atoms with Crippen molar-refractivity contribution in [2.75, 3.05) is 6.61 Å². The summed E-state index contributed by atoms with van der Waals surface area (Å²) < 4.78 is 0. The Morgan fingerprint density at radius 3 is 2.27 bits per heavy atom. The van der Waals surface area contributed by atoms with Crippen molar-refractivity contribution in [3.05, 3.63) is 71.8 Å². The normalized spacial score (nSPS) is 24.1. The van der Waals surface area contributed by atoms with Crippen molar-refractivity contribution in [1.82, 2.24) is 4.90 Å². The maximum atomic E-state index is 10.1. The molecular weight excluding hydrogens is 270 g/mol. The zero-order chi connectivity index (χ0) is 15.4. The minimum atomic E-state index is 0.0710. The quantitative estimate of drug-likeness (QED) is 0.907. The molecule has 1 aliphatic rings. The van der Waals surface area contributed by atoms with Crippen LogP contribution in [0.2, 0.25) is 0 Å². The van der Waals surface area contributed by atoms with Gasteiger partial charge in [0.2, 0.25) is 0 Å². The molecule has 1 N–H and O–H groups in total. The lowest BCUT2D eigenvalue weighted by molar-refractivity contribution is 0.0164. The van der Waals surface area contributed by atoms with Crippen molar-refractivity contribution in [1.29, 1.82) is 0 Å². The summed E-state index contributed by atoms with van der Waals surface area (Å²) in [5, 5.41) is 10.1. The van der Waals surface area contributed by atoms with Crippen LogP contribution in [0.4, 0.5) is 0 Å². The summed E-state index contributed by atoms with van der Waals surface area (Å²) in [6.07, 6.45) is 3.62. The van der Waals surface area contributed by atoms with Gasteiger partial charge in [-0.1, -0.05) is 67.1 Å². The van der Waals surface area contributed by atoms with Crippen molar-refractivity contribution < 1.29 is 5.11 Å². The summed E-state index contributed by atoms with van der Waals surface area (Å²) in [7, 11) is 0. The fraction of sp³-hybridized carbons (Fsp3) is 0.400. The van der Waals surface area contributed by atoms with Crippen molar-refractivity contribution in [3.63, 3.8) is 0 Å². The van der Waals surface area contributed by atoms with Crippen LogP contribution in [0.5, 0.6) is 0 Å². The summed E-state index contributed by atoms with van der Waals surface area (Å²) in [5.41, 5.74) is 2.57. The van der Waals surface area contributed by atoms with E-state index in [0.29, 0.717) is 12.1 Å². The zero-order valence-corrected chi connectivity index (χ0v) is 13.2. The smallest absolute Gasteiger partial charge is 0.0628 e. The molecule has 116 valence electrons. The number of nitrogens with zero attached hydrogens (tertiary/aromatic N) is 1. The van der Waals surface area contributed by atoms with Crippen molar-refractivity contribution in [3.8, 4) is 0 Å². The molecule has 0 aromatic heterocycles. The second kappa shape index (κ2) is 7.08.